The summed E-state index contributed by atoms with van der Waals surface area (Å²) in [6.07, 6.45) is 0.390. The zero-order chi connectivity index (χ0) is 17.5. The average molecular weight is 347 g/mol. The number of ether oxygens (including phenoxy) is 1. The van der Waals surface area contributed by atoms with Crippen LogP contribution in [-0.4, -0.2) is 31.5 Å². The number of hydrogen-bond acceptors (Lipinski definition) is 3. The minimum atomic E-state index is -0.0535. The molecule has 0 aliphatic carbocycles. The molecule has 0 aromatic heterocycles. The molecule has 2 aromatic rings. The monoisotopic (exact) mass is 346 g/mol. The molecular formula is C19H23ClN2O2. The van der Waals surface area contributed by atoms with E-state index in [2.05, 4.69) is 17.1 Å². The number of carbonyl (C=O) groups is 1. The first-order valence-electron chi connectivity index (χ1n) is 7.90. The number of nitrogens with one attached hydrogen (secondary N) is 1. The number of benzene rings is 2. The Morgan fingerprint density at radius 2 is 1.88 bits per heavy atom. The van der Waals surface area contributed by atoms with E-state index in [9.17, 15) is 4.79 Å². The topological polar surface area (TPSA) is 41.6 Å². The smallest absolute Gasteiger partial charge is 0.225 e. The largest absolute Gasteiger partial charge is 0.496 e. The van der Waals surface area contributed by atoms with Crippen LogP contribution in [0.15, 0.2) is 48.5 Å². The molecule has 2 rings (SSSR count). The van der Waals surface area contributed by atoms with Crippen molar-refractivity contribution in [2.75, 3.05) is 26.0 Å². The molecule has 2 aromatic carbocycles. The summed E-state index contributed by atoms with van der Waals surface area (Å²) >= 11 is 6.06. The van der Waals surface area contributed by atoms with E-state index in [0.717, 1.165) is 11.3 Å². The fourth-order valence-corrected chi connectivity index (χ4v) is 2.68. The van der Waals surface area contributed by atoms with Crippen molar-refractivity contribution in [2.24, 2.45) is 0 Å². The highest BCUT2D eigenvalue weighted by Gasteiger charge is 2.16. The number of nitrogens with zero attached hydrogens (tertiary/aromatic N) is 1. The van der Waals surface area contributed by atoms with Crippen LogP contribution in [0.5, 0.6) is 5.75 Å². The Hall–Kier alpha value is -2.04. The van der Waals surface area contributed by atoms with Gasteiger partial charge in [-0.3, -0.25) is 9.69 Å². The molecule has 4 nitrogen and oxygen atoms in total. The third kappa shape index (κ3) is 4.73. The Morgan fingerprint density at radius 1 is 1.21 bits per heavy atom. The van der Waals surface area contributed by atoms with Crippen molar-refractivity contribution in [3.8, 4) is 5.75 Å². The fraction of sp³-hybridized carbons (Fsp3) is 0.316. The summed E-state index contributed by atoms with van der Waals surface area (Å²) < 4.78 is 5.41. The molecule has 0 aliphatic rings. The van der Waals surface area contributed by atoms with E-state index in [-0.39, 0.29) is 11.9 Å². The van der Waals surface area contributed by atoms with Crippen molar-refractivity contribution in [1.82, 2.24) is 4.90 Å². The number of carbonyl (C=O) groups excluding carboxylic acids is 1. The number of rotatable bonds is 7. The predicted molar refractivity (Wildman–Crippen MR) is 98.7 cm³/mol. The number of amides is 1. The zero-order valence-corrected chi connectivity index (χ0v) is 15.0. The molecule has 0 aliphatic heterocycles. The van der Waals surface area contributed by atoms with E-state index in [0.29, 0.717) is 23.7 Å². The summed E-state index contributed by atoms with van der Waals surface area (Å²) in [6.45, 7) is 2.74. The molecule has 1 N–H and O–H groups in total. The van der Waals surface area contributed by atoms with Gasteiger partial charge < -0.3 is 10.1 Å². The van der Waals surface area contributed by atoms with Gasteiger partial charge in [-0.25, -0.2) is 0 Å². The van der Waals surface area contributed by atoms with E-state index in [1.165, 1.54) is 0 Å². The molecule has 0 radical (unpaired) electrons. The first-order chi connectivity index (χ1) is 11.5. The highest BCUT2D eigenvalue weighted by atomic mass is 35.5. The molecule has 0 fully saturated rings. The van der Waals surface area contributed by atoms with Crippen LogP contribution in [0.4, 0.5) is 5.69 Å². The molecule has 24 heavy (non-hydrogen) atoms. The van der Waals surface area contributed by atoms with E-state index >= 15 is 0 Å². The second-order valence-electron chi connectivity index (χ2n) is 5.68. The van der Waals surface area contributed by atoms with Gasteiger partial charge in [0.25, 0.3) is 0 Å². The Labute approximate surface area is 148 Å². The summed E-state index contributed by atoms with van der Waals surface area (Å²) in [5.41, 5.74) is 1.75. The first-order valence-corrected chi connectivity index (χ1v) is 8.28. The van der Waals surface area contributed by atoms with Crippen molar-refractivity contribution in [3.63, 3.8) is 0 Å². The van der Waals surface area contributed by atoms with E-state index < -0.39 is 0 Å². The second-order valence-corrected chi connectivity index (χ2v) is 6.08. The minimum absolute atomic E-state index is 0.0535. The van der Waals surface area contributed by atoms with Crippen molar-refractivity contribution in [1.29, 1.82) is 0 Å². The summed E-state index contributed by atoms with van der Waals surface area (Å²) in [4.78, 5) is 14.3. The molecule has 128 valence electrons. The lowest BCUT2D eigenvalue weighted by atomic mass is 10.1. The van der Waals surface area contributed by atoms with Gasteiger partial charge >= 0.3 is 0 Å². The number of anilines is 1. The number of para-hydroxylation sites is 2. The Morgan fingerprint density at radius 3 is 2.58 bits per heavy atom. The van der Waals surface area contributed by atoms with Crippen LogP contribution in [0.1, 0.15) is 24.9 Å². The van der Waals surface area contributed by atoms with Gasteiger partial charge in [0.1, 0.15) is 5.75 Å². The van der Waals surface area contributed by atoms with Gasteiger partial charge in [-0.2, -0.15) is 0 Å². The van der Waals surface area contributed by atoms with Crippen LogP contribution in [0.2, 0.25) is 5.02 Å². The number of methoxy groups -OCH3 is 1. The predicted octanol–water partition coefficient (Wildman–Crippen LogP) is 4.37. The van der Waals surface area contributed by atoms with Crippen LogP contribution < -0.4 is 10.1 Å². The fourth-order valence-electron chi connectivity index (χ4n) is 2.50. The van der Waals surface area contributed by atoms with Gasteiger partial charge in [0.15, 0.2) is 0 Å². The summed E-state index contributed by atoms with van der Waals surface area (Å²) in [6, 6.07) is 15.3. The summed E-state index contributed by atoms with van der Waals surface area (Å²) in [5.74, 6) is 0.805. The molecular weight excluding hydrogens is 324 g/mol. The second kappa shape index (κ2) is 8.71. The molecule has 0 spiro atoms. The van der Waals surface area contributed by atoms with E-state index in [1.54, 1.807) is 19.2 Å². The standard InChI is InChI=1S/C19H23ClN2O2/c1-14(15-8-4-7-11-18(15)24-3)22(2)13-12-19(23)21-17-10-6-5-9-16(17)20/h4-11,14H,12-13H2,1-3H3,(H,21,23)/t14-/m1/s1. The first kappa shape index (κ1) is 18.3. The quantitative estimate of drug-likeness (QED) is 0.809. The maximum absolute atomic E-state index is 12.1. The summed E-state index contributed by atoms with van der Waals surface area (Å²) in [5, 5.41) is 3.39. The van der Waals surface area contributed by atoms with Gasteiger partial charge in [-0.05, 0) is 32.2 Å². The van der Waals surface area contributed by atoms with Crippen LogP contribution in [0.3, 0.4) is 0 Å². The Kier molecular flexibility index (Phi) is 6.64. The van der Waals surface area contributed by atoms with E-state index in [1.807, 2.05) is 43.4 Å². The third-order valence-corrected chi connectivity index (χ3v) is 4.42. The molecule has 1 atom stereocenters. The lowest BCUT2D eigenvalue weighted by molar-refractivity contribution is -0.116. The molecule has 5 heteroatoms. The van der Waals surface area contributed by atoms with Crippen molar-refractivity contribution >= 4 is 23.2 Å². The molecule has 0 saturated carbocycles. The highest BCUT2D eigenvalue weighted by molar-refractivity contribution is 6.33. The summed E-state index contributed by atoms with van der Waals surface area (Å²) in [7, 11) is 3.67. The molecule has 0 saturated heterocycles. The van der Waals surface area contributed by atoms with Crippen LogP contribution in [-0.2, 0) is 4.79 Å². The minimum Gasteiger partial charge on any atom is -0.496 e. The maximum atomic E-state index is 12.1. The van der Waals surface area contributed by atoms with Gasteiger partial charge in [0.2, 0.25) is 5.91 Å². The Bertz CT molecular complexity index is 691. The van der Waals surface area contributed by atoms with Crippen LogP contribution in [0, 0.1) is 0 Å². The van der Waals surface area contributed by atoms with Gasteiger partial charge in [0, 0.05) is 24.6 Å². The van der Waals surface area contributed by atoms with Gasteiger partial charge in [0.05, 0.1) is 17.8 Å². The molecule has 0 heterocycles. The SMILES string of the molecule is COc1ccccc1[C@@H](C)N(C)CCC(=O)Nc1ccccc1Cl. The Balaban J connectivity index is 1.91. The number of hydrogen-bond donors (Lipinski definition) is 1. The lowest BCUT2D eigenvalue weighted by Crippen LogP contribution is -2.27. The van der Waals surface area contributed by atoms with Crippen molar-refractivity contribution < 1.29 is 9.53 Å². The van der Waals surface area contributed by atoms with Gasteiger partial charge in [-0.1, -0.05) is 41.9 Å². The third-order valence-electron chi connectivity index (χ3n) is 4.09. The molecule has 0 unspecified atom stereocenters. The van der Waals surface area contributed by atoms with Crippen molar-refractivity contribution in [2.45, 2.75) is 19.4 Å². The van der Waals surface area contributed by atoms with E-state index in [4.69, 9.17) is 16.3 Å². The molecule has 1 amide bonds. The van der Waals surface area contributed by atoms with Gasteiger partial charge in [-0.15, -0.1) is 0 Å². The average Bonchev–Trinajstić information content (AvgIpc) is 2.61. The van der Waals surface area contributed by atoms with Crippen LogP contribution in [0.25, 0.3) is 0 Å². The van der Waals surface area contributed by atoms with Crippen molar-refractivity contribution in [3.05, 3.63) is 59.1 Å². The maximum Gasteiger partial charge on any atom is 0.225 e. The lowest BCUT2D eigenvalue weighted by Gasteiger charge is -2.26. The zero-order valence-electron chi connectivity index (χ0n) is 14.3. The normalized spacial score (nSPS) is 12.0. The molecule has 0 bridgehead atoms. The highest BCUT2D eigenvalue weighted by Crippen LogP contribution is 2.28. The number of halogens is 1. The van der Waals surface area contributed by atoms with Crippen LogP contribution >= 0.6 is 11.6 Å².